The van der Waals surface area contributed by atoms with Crippen LogP contribution in [0.3, 0.4) is 0 Å². The maximum atomic E-state index is 13.0. The summed E-state index contributed by atoms with van der Waals surface area (Å²) in [5.74, 6) is -3.70. The summed E-state index contributed by atoms with van der Waals surface area (Å²) in [6.07, 6.45) is 1.43. The molecule has 11 heteroatoms. The Hall–Kier alpha value is -3.21. The highest BCUT2D eigenvalue weighted by Crippen LogP contribution is 2.31. The van der Waals surface area contributed by atoms with Gasteiger partial charge in [-0.1, -0.05) is 18.9 Å². The first-order valence-corrected chi connectivity index (χ1v) is 9.49. The SMILES string of the molecule is CON(OC(=O)C(F)(F)F)C(=O)c1ccc(C)c(-n2ccnc(C3CCCC3)c2=O)c1. The Labute approximate surface area is 175 Å². The van der Waals surface area contributed by atoms with Gasteiger partial charge in [0.05, 0.1) is 12.8 Å². The van der Waals surface area contributed by atoms with Gasteiger partial charge in [-0.15, -0.1) is 0 Å². The fourth-order valence-electron chi connectivity index (χ4n) is 3.49. The number of carbonyl (C=O) groups is 2. The zero-order chi connectivity index (χ0) is 22.8. The molecular formula is C20H20F3N3O5. The van der Waals surface area contributed by atoms with Gasteiger partial charge in [-0.05, 0) is 42.7 Å². The molecule has 1 aromatic carbocycles. The highest BCUT2D eigenvalue weighted by atomic mass is 19.4. The highest BCUT2D eigenvalue weighted by Gasteiger charge is 2.44. The molecule has 2 aromatic rings. The second-order valence-electron chi connectivity index (χ2n) is 7.09. The summed E-state index contributed by atoms with van der Waals surface area (Å²) in [7, 11) is 0.873. The van der Waals surface area contributed by atoms with Gasteiger partial charge >= 0.3 is 18.1 Å². The minimum absolute atomic E-state index is 0.0656. The van der Waals surface area contributed by atoms with Crippen LogP contribution in [0.4, 0.5) is 13.2 Å². The van der Waals surface area contributed by atoms with Gasteiger partial charge in [-0.25, -0.2) is 9.63 Å². The summed E-state index contributed by atoms with van der Waals surface area (Å²) in [6.45, 7) is 1.71. The minimum Gasteiger partial charge on any atom is -0.302 e. The van der Waals surface area contributed by atoms with E-state index in [2.05, 4.69) is 14.7 Å². The van der Waals surface area contributed by atoms with Crippen molar-refractivity contribution in [1.82, 2.24) is 14.8 Å². The third-order valence-electron chi connectivity index (χ3n) is 5.05. The van der Waals surface area contributed by atoms with Crippen molar-refractivity contribution in [3.05, 3.63) is 57.8 Å². The number of hydroxylamine groups is 2. The van der Waals surface area contributed by atoms with E-state index in [0.717, 1.165) is 32.8 Å². The van der Waals surface area contributed by atoms with Gasteiger partial charge in [0.2, 0.25) is 0 Å². The van der Waals surface area contributed by atoms with Crippen LogP contribution < -0.4 is 5.56 Å². The first-order chi connectivity index (χ1) is 14.6. The first-order valence-electron chi connectivity index (χ1n) is 9.49. The number of alkyl halides is 3. The third kappa shape index (κ3) is 4.76. The van der Waals surface area contributed by atoms with Gasteiger partial charge in [0.25, 0.3) is 5.56 Å². The molecule has 1 aliphatic rings. The molecule has 0 saturated heterocycles. The van der Waals surface area contributed by atoms with Gasteiger partial charge < -0.3 is 4.84 Å². The van der Waals surface area contributed by atoms with E-state index in [0.29, 0.717) is 16.9 Å². The van der Waals surface area contributed by atoms with E-state index in [9.17, 15) is 27.6 Å². The molecule has 1 fully saturated rings. The van der Waals surface area contributed by atoms with Gasteiger partial charge in [-0.3, -0.25) is 19.1 Å². The highest BCUT2D eigenvalue weighted by molar-refractivity contribution is 5.94. The van der Waals surface area contributed by atoms with E-state index < -0.39 is 18.1 Å². The average Bonchev–Trinajstić information content (AvgIpc) is 3.26. The number of hydrogen-bond acceptors (Lipinski definition) is 6. The van der Waals surface area contributed by atoms with Crippen LogP contribution >= 0.6 is 0 Å². The normalized spacial score (nSPS) is 14.5. The largest absolute Gasteiger partial charge is 0.493 e. The lowest BCUT2D eigenvalue weighted by atomic mass is 10.0. The Balaban J connectivity index is 1.95. The van der Waals surface area contributed by atoms with E-state index in [1.54, 1.807) is 6.92 Å². The van der Waals surface area contributed by atoms with Crippen LogP contribution in [0.2, 0.25) is 0 Å². The number of amides is 1. The molecule has 1 saturated carbocycles. The van der Waals surface area contributed by atoms with Crippen LogP contribution in [0.1, 0.15) is 53.2 Å². The molecular weight excluding hydrogens is 419 g/mol. The van der Waals surface area contributed by atoms with E-state index in [-0.39, 0.29) is 22.3 Å². The van der Waals surface area contributed by atoms with Gasteiger partial charge in [-0.2, -0.15) is 13.2 Å². The molecule has 1 aromatic heterocycles. The zero-order valence-electron chi connectivity index (χ0n) is 16.8. The zero-order valence-corrected chi connectivity index (χ0v) is 16.8. The van der Waals surface area contributed by atoms with Crippen LogP contribution in [-0.4, -0.2) is 39.9 Å². The molecule has 0 atom stereocenters. The van der Waals surface area contributed by atoms with Gasteiger partial charge in [0.15, 0.2) is 0 Å². The first kappa shape index (κ1) is 22.5. The predicted molar refractivity (Wildman–Crippen MR) is 101 cm³/mol. The van der Waals surface area contributed by atoms with E-state index >= 15 is 0 Å². The molecule has 0 bridgehead atoms. The van der Waals surface area contributed by atoms with Crippen molar-refractivity contribution in [3.8, 4) is 5.69 Å². The van der Waals surface area contributed by atoms with Crippen LogP contribution in [-0.2, 0) is 14.5 Å². The summed E-state index contributed by atoms with van der Waals surface area (Å²) < 4.78 is 38.7. The molecule has 8 nitrogen and oxygen atoms in total. The van der Waals surface area contributed by atoms with Crippen LogP contribution in [0.15, 0.2) is 35.4 Å². The number of carbonyl (C=O) groups excluding carboxylic acids is 2. The Morgan fingerprint density at radius 2 is 1.90 bits per heavy atom. The lowest BCUT2D eigenvalue weighted by Gasteiger charge is -2.19. The minimum atomic E-state index is -5.31. The second-order valence-corrected chi connectivity index (χ2v) is 7.09. The molecule has 0 unspecified atom stereocenters. The summed E-state index contributed by atoms with van der Waals surface area (Å²) in [6, 6.07) is 4.15. The van der Waals surface area contributed by atoms with Crippen molar-refractivity contribution >= 4 is 11.9 Å². The maximum absolute atomic E-state index is 13.0. The number of nitrogens with zero attached hydrogens (tertiary/aromatic N) is 3. The Kier molecular flexibility index (Phi) is 6.44. The molecule has 1 aliphatic carbocycles. The Morgan fingerprint density at radius 3 is 2.52 bits per heavy atom. The fourth-order valence-corrected chi connectivity index (χ4v) is 3.49. The van der Waals surface area contributed by atoms with E-state index in [1.165, 1.54) is 35.2 Å². The predicted octanol–water partition coefficient (Wildman–Crippen LogP) is 3.22. The van der Waals surface area contributed by atoms with Crippen LogP contribution in [0.5, 0.6) is 0 Å². The fraction of sp³-hybridized carbons (Fsp3) is 0.400. The van der Waals surface area contributed by atoms with Gasteiger partial charge in [0.1, 0.15) is 5.69 Å². The lowest BCUT2D eigenvalue weighted by molar-refractivity contribution is -0.313. The third-order valence-corrected chi connectivity index (χ3v) is 5.05. The van der Waals surface area contributed by atoms with Crippen molar-refractivity contribution in [2.24, 2.45) is 0 Å². The number of rotatable bonds is 4. The molecule has 0 N–H and O–H groups in total. The number of aryl methyl sites for hydroxylation is 1. The molecule has 1 heterocycles. The Bertz CT molecular complexity index is 1050. The smallest absolute Gasteiger partial charge is 0.302 e. The monoisotopic (exact) mass is 439 g/mol. The molecule has 0 radical (unpaired) electrons. The molecule has 31 heavy (non-hydrogen) atoms. The summed E-state index contributed by atoms with van der Waals surface area (Å²) in [5.41, 5.74) is 0.945. The molecule has 0 aliphatic heterocycles. The Morgan fingerprint density at radius 1 is 1.23 bits per heavy atom. The van der Waals surface area contributed by atoms with Crippen molar-refractivity contribution in [1.29, 1.82) is 0 Å². The maximum Gasteiger partial charge on any atom is 0.493 e. The van der Waals surface area contributed by atoms with Crippen molar-refractivity contribution in [2.45, 2.75) is 44.7 Å². The molecule has 1 amide bonds. The topological polar surface area (TPSA) is 90.7 Å². The summed E-state index contributed by atoms with van der Waals surface area (Å²) in [4.78, 5) is 49.3. The number of aromatic nitrogens is 2. The van der Waals surface area contributed by atoms with E-state index in [1.807, 2.05) is 0 Å². The van der Waals surface area contributed by atoms with Crippen LogP contribution in [0, 0.1) is 6.92 Å². The van der Waals surface area contributed by atoms with Crippen molar-refractivity contribution in [2.75, 3.05) is 7.11 Å². The summed E-state index contributed by atoms with van der Waals surface area (Å²) in [5, 5.41) is -0.163. The van der Waals surface area contributed by atoms with E-state index in [4.69, 9.17) is 0 Å². The number of halogens is 3. The summed E-state index contributed by atoms with van der Waals surface area (Å²) >= 11 is 0. The van der Waals surface area contributed by atoms with Crippen molar-refractivity contribution in [3.63, 3.8) is 0 Å². The lowest BCUT2D eigenvalue weighted by Crippen LogP contribution is -2.38. The molecule has 0 spiro atoms. The standard InChI is InChI=1S/C20H20F3N3O5/c1-12-7-8-14(17(27)26(30-2)31-19(29)20(21,22)23)11-15(12)25-10-9-24-16(18(25)28)13-5-3-4-6-13/h7-11,13H,3-6H2,1-2H3. The van der Waals surface area contributed by atoms with Crippen LogP contribution in [0.25, 0.3) is 5.69 Å². The second kappa shape index (κ2) is 8.88. The number of hydrogen-bond donors (Lipinski definition) is 0. The average molecular weight is 439 g/mol. The molecule has 166 valence electrons. The van der Waals surface area contributed by atoms with Gasteiger partial charge in [0, 0.05) is 23.9 Å². The van der Waals surface area contributed by atoms with Crippen molar-refractivity contribution < 1.29 is 32.4 Å². The number of benzene rings is 1. The quantitative estimate of drug-likeness (QED) is 0.680. The molecule has 3 rings (SSSR count).